The molecule has 2 unspecified atom stereocenters. The lowest BCUT2D eigenvalue weighted by atomic mass is 10.0. The highest BCUT2D eigenvalue weighted by molar-refractivity contribution is 5.70. The Bertz CT molecular complexity index is 1270. The molecule has 0 aliphatic heterocycles. The fraction of sp³-hybridized carbons (Fsp3) is 0.673. The quantitative estimate of drug-likeness (QED) is 0.0196. The first-order valence-corrected chi connectivity index (χ1v) is 23.7. The van der Waals surface area contributed by atoms with Crippen molar-refractivity contribution in [2.75, 3.05) is 47.5 Å². The molecule has 61 heavy (non-hydrogen) atoms. The van der Waals surface area contributed by atoms with E-state index in [1.54, 1.807) is 0 Å². The highest BCUT2D eigenvalue weighted by Crippen LogP contribution is 2.14. The Morgan fingerprint density at radius 2 is 0.934 bits per heavy atom. The number of carboxylic acids is 1. The average molecular weight is 854 g/mol. The van der Waals surface area contributed by atoms with Crippen LogP contribution in [-0.2, 0) is 33.3 Å². The van der Waals surface area contributed by atoms with Gasteiger partial charge < -0.3 is 33.3 Å². The van der Waals surface area contributed by atoms with Crippen molar-refractivity contribution < 1.29 is 42.9 Å². The lowest BCUT2D eigenvalue weighted by molar-refractivity contribution is -0.870. The van der Waals surface area contributed by atoms with E-state index in [1.165, 1.54) is 64.2 Å². The Hall–Kier alpha value is -3.53. The van der Waals surface area contributed by atoms with Gasteiger partial charge in [-0.2, -0.15) is 0 Å². The van der Waals surface area contributed by atoms with Gasteiger partial charge in [0.2, 0.25) is 0 Å². The SMILES string of the molecule is CC/C=C\C/C=C\C/C=C\C/C=C\C/C=C\C/C=C\C/C=C\CCCC(=O)OC(COC(=O)CCCCCCCCCCCCCCC)COC(OCC[N+](C)(C)C)C(=O)[O-]. The summed E-state index contributed by atoms with van der Waals surface area (Å²) >= 11 is 0. The van der Waals surface area contributed by atoms with Crippen molar-refractivity contribution in [3.8, 4) is 0 Å². The summed E-state index contributed by atoms with van der Waals surface area (Å²) in [5.41, 5.74) is 0. The van der Waals surface area contributed by atoms with E-state index in [0.717, 1.165) is 64.2 Å². The van der Waals surface area contributed by atoms with Gasteiger partial charge in [0.25, 0.3) is 0 Å². The molecule has 0 aliphatic carbocycles. The van der Waals surface area contributed by atoms with Crippen molar-refractivity contribution in [1.82, 2.24) is 0 Å². The normalized spacial score (nSPS) is 13.7. The van der Waals surface area contributed by atoms with Crippen LogP contribution in [0.1, 0.15) is 168 Å². The maximum atomic E-state index is 12.8. The third-order valence-corrected chi connectivity index (χ3v) is 9.66. The third-order valence-electron chi connectivity index (χ3n) is 9.66. The van der Waals surface area contributed by atoms with E-state index < -0.39 is 24.3 Å². The van der Waals surface area contributed by atoms with Gasteiger partial charge in [-0.15, -0.1) is 0 Å². The van der Waals surface area contributed by atoms with Gasteiger partial charge in [0.05, 0.1) is 40.3 Å². The molecule has 0 aromatic heterocycles. The van der Waals surface area contributed by atoms with Crippen LogP contribution in [0.15, 0.2) is 85.1 Å². The maximum Gasteiger partial charge on any atom is 0.306 e. The topological polar surface area (TPSA) is 111 Å². The van der Waals surface area contributed by atoms with Crippen LogP contribution in [0.2, 0.25) is 0 Å². The van der Waals surface area contributed by atoms with Crippen molar-refractivity contribution in [1.29, 1.82) is 0 Å². The van der Waals surface area contributed by atoms with Crippen LogP contribution in [0.4, 0.5) is 0 Å². The van der Waals surface area contributed by atoms with Crippen LogP contribution in [-0.4, -0.2) is 82.3 Å². The molecule has 0 saturated carbocycles. The number of hydrogen-bond acceptors (Lipinski definition) is 8. The molecule has 0 aliphatic rings. The molecule has 0 radical (unpaired) electrons. The van der Waals surface area contributed by atoms with Crippen molar-refractivity contribution in [2.24, 2.45) is 0 Å². The minimum Gasteiger partial charge on any atom is -0.545 e. The monoisotopic (exact) mass is 854 g/mol. The van der Waals surface area contributed by atoms with E-state index in [4.69, 9.17) is 18.9 Å². The van der Waals surface area contributed by atoms with Crippen molar-refractivity contribution in [3.63, 3.8) is 0 Å². The van der Waals surface area contributed by atoms with E-state index in [2.05, 4.69) is 92.8 Å². The molecule has 0 spiro atoms. The summed E-state index contributed by atoms with van der Waals surface area (Å²) in [6.45, 7) is 4.54. The number of carboxylic acid groups (broad SMARTS) is 1. The molecule has 0 fully saturated rings. The van der Waals surface area contributed by atoms with E-state index in [1.807, 2.05) is 27.2 Å². The Morgan fingerprint density at radius 1 is 0.508 bits per heavy atom. The van der Waals surface area contributed by atoms with Crippen LogP contribution < -0.4 is 5.11 Å². The van der Waals surface area contributed by atoms with Crippen LogP contribution in [0, 0.1) is 0 Å². The smallest absolute Gasteiger partial charge is 0.306 e. The zero-order valence-corrected chi connectivity index (χ0v) is 39.2. The van der Waals surface area contributed by atoms with Gasteiger partial charge in [-0.3, -0.25) is 9.59 Å². The molecule has 0 N–H and O–H groups in total. The zero-order valence-electron chi connectivity index (χ0n) is 39.2. The Kier molecular flexibility index (Phi) is 40.6. The van der Waals surface area contributed by atoms with Gasteiger partial charge in [-0.05, 0) is 64.2 Å². The fourth-order valence-corrected chi connectivity index (χ4v) is 5.99. The minimum atomic E-state index is -1.64. The third kappa shape index (κ3) is 44.3. The average Bonchev–Trinajstić information content (AvgIpc) is 3.22. The van der Waals surface area contributed by atoms with Gasteiger partial charge in [0.15, 0.2) is 12.4 Å². The molecule has 9 heteroatoms. The zero-order chi connectivity index (χ0) is 44.9. The lowest BCUT2D eigenvalue weighted by Crippen LogP contribution is -2.44. The predicted molar refractivity (Wildman–Crippen MR) is 251 cm³/mol. The molecule has 0 amide bonds. The molecule has 2 atom stereocenters. The number of hydrogen-bond donors (Lipinski definition) is 0. The Labute approximate surface area is 372 Å². The molecule has 348 valence electrons. The second kappa shape index (κ2) is 43.1. The molecule has 0 bridgehead atoms. The number of carbonyl (C=O) groups is 3. The number of rotatable bonds is 42. The van der Waals surface area contributed by atoms with E-state index in [-0.39, 0.29) is 38.6 Å². The predicted octanol–water partition coefficient (Wildman–Crippen LogP) is 11.6. The van der Waals surface area contributed by atoms with Crippen LogP contribution in [0.5, 0.6) is 0 Å². The lowest BCUT2D eigenvalue weighted by Gasteiger charge is -2.26. The summed E-state index contributed by atoms with van der Waals surface area (Å²) in [6.07, 6.45) is 51.9. The molecule has 0 aromatic rings. The number of aliphatic carboxylic acids is 1. The highest BCUT2D eigenvalue weighted by Gasteiger charge is 2.21. The summed E-state index contributed by atoms with van der Waals surface area (Å²) in [6, 6.07) is 0. The second-order valence-electron chi connectivity index (χ2n) is 16.7. The van der Waals surface area contributed by atoms with Crippen molar-refractivity contribution >= 4 is 17.9 Å². The minimum absolute atomic E-state index is 0.133. The number of nitrogens with zero attached hydrogens (tertiary/aromatic N) is 1. The Morgan fingerprint density at radius 3 is 1.38 bits per heavy atom. The number of quaternary nitrogens is 1. The summed E-state index contributed by atoms with van der Waals surface area (Å²) < 4.78 is 22.5. The number of esters is 2. The summed E-state index contributed by atoms with van der Waals surface area (Å²) in [4.78, 5) is 37.0. The molecule has 0 saturated heterocycles. The van der Waals surface area contributed by atoms with Gasteiger partial charge >= 0.3 is 11.9 Å². The van der Waals surface area contributed by atoms with Gasteiger partial charge in [-0.25, -0.2) is 0 Å². The molecule has 0 rings (SSSR count). The molecular formula is C52H87NO8. The Balaban J connectivity index is 4.52. The van der Waals surface area contributed by atoms with Gasteiger partial charge in [0.1, 0.15) is 13.2 Å². The van der Waals surface area contributed by atoms with Crippen LogP contribution >= 0.6 is 0 Å². The number of likely N-dealkylation sites (N-methyl/N-ethyl adjacent to an activating group) is 1. The number of allylic oxidation sites excluding steroid dienone is 14. The van der Waals surface area contributed by atoms with Crippen molar-refractivity contribution in [2.45, 2.75) is 180 Å². The summed E-state index contributed by atoms with van der Waals surface area (Å²) in [5.74, 6) is -2.37. The maximum absolute atomic E-state index is 12.8. The highest BCUT2D eigenvalue weighted by atomic mass is 16.7. The molecule has 9 nitrogen and oxygen atoms in total. The first-order chi connectivity index (χ1) is 29.6. The van der Waals surface area contributed by atoms with Crippen LogP contribution in [0.25, 0.3) is 0 Å². The molecule has 0 heterocycles. The van der Waals surface area contributed by atoms with E-state index in [9.17, 15) is 19.5 Å². The molecule has 0 aromatic carbocycles. The molecular weight excluding hydrogens is 767 g/mol. The van der Waals surface area contributed by atoms with Crippen LogP contribution in [0.3, 0.4) is 0 Å². The van der Waals surface area contributed by atoms with E-state index in [0.29, 0.717) is 23.9 Å². The standard InChI is InChI=1S/C52H87NO8/c1-6-8-10-12-14-16-18-20-21-22-23-24-25-26-27-28-29-31-33-35-37-39-41-43-50(55)61-48(47-60-52(51(56)57)58-45-44-53(3,4)5)46-59-49(54)42-40-38-36-34-32-30-19-17-15-13-11-9-7-2/h8,10,14,16,20-21,23-24,26-27,29,31,35,37,48,52H,6-7,9,11-13,15,17-19,22,25,28,30,32-34,36,38-47H2,1-5H3/b10-8-,16-14-,21-20-,24-23-,27-26-,31-29-,37-35-. The van der Waals surface area contributed by atoms with Crippen molar-refractivity contribution in [3.05, 3.63) is 85.1 Å². The summed E-state index contributed by atoms with van der Waals surface area (Å²) in [5, 5.41) is 11.7. The number of carbonyl (C=O) groups excluding carboxylic acids is 3. The first kappa shape index (κ1) is 57.5. The number of unbranched alkanes of at least 4 members (excludes halogenated alkanes) is 13. The number of ether oxygens (including phenoxy) is 4. The second-order valence-corrected chi connectivity index (χ2v) is 16.7. The summed E-state index contributed by atoms with van der Waals surface area (Å²) in [7, 11) is 5.88. The largest absolute Gasteiger partial charge is 0.545 e. The fourth-order valence-electron chi connectivity index (χ4n) is 5.99. The first-order valence-electron chi connectivity index (χ1n) is 23.7. The van der Waals surface area contributed by atoms with Gasteiger partial charge in [-0.1, -0.05) is 176 Å². The van der Waals surface area contributed by atoms with E-state index >= 15 is 0 Å². The van der Waals surface area contributed by atoms with Gasteiger partial charge in [0, 0.05) is 12.8 Å².